The first-order valence-corrected chi connectivity index (χ1v) is 6.45. The smallest absolute Gasteiger partial charge is 0.240 e. The second-order valence-electron chi connectivity index (χ2n) is 5.28. The Morgan fingerprint density at radius 1 is 1.53 bits per heavy atom. The van der Waals surface area contributed by atoms with Gasteiger partial charge >= 0.3 is 0 Å². The number of hydrogen-bond acceptors (Lipinski definition) is 4. The molecule has 2 aromatic heterocycles. The van der Waals surface area contributed by atoms with Gasteiger partial charge in [-0.25, -0.2) is 0 Å². The number of fused-ring (bicyclic) bond motifs is 1. The minimum absolute atomic E-state index is 0.123. The van der Waals surface area contributed by atoms with E-state index in [1.807, 2.05) is 28.8 Å². The quantitative estimate of drug-likeness (QED) is 0.836. The van der Waals surface area contributed by atoms with E-state index in [2.05, 4.69) is 15.5 Å². The Balaban J connectivity index is 1.70. The maximum Gasteiger partial charge on any atom is 0.240 e. The summed E-state index contributed by atoms with van der Waals surface area (Å²) >= 11 is 0. The van der Waals surface area contributed by atoms with Crippen LogP contribution in [-0.2, 0) is 11.3 Å². The van der Waals surface area contributed by atoms with E-state index in [4.69, 9.17) is 5.73 Å². The molecule has 1 saturated carbocycles. The number of aromatic nitrogens is 3. The molecule has 6 nitrogen and oxygen atoms in total. The summed E-state index contributed by atoms with van der Waals surface area (Å²) in [6.07, 6.45) is 3.95. The number of nitrogens with zero attached hydrogens (tertiary/aromatic N) is 3. The molecule has 3 N–H and O–H groups in total. The summed E-state index contributed by atoms with van der Waals surface area (Å²) in [5.74, 6) is 0.890. The number of amides is 1. The molecular formula is C13H17N5O. The van der Waals surface area contributed by atoms with Crippen molar-refractivity contribution in [2.45, 2.75) is 31.8 Å². The van der Waals surface area contributed by atoms with E-state index in [9.17, 15) is 4.79 Å². The second-order valence-corrected chi connectivity index (χ2v) is 5.28. The van der Waals surface area contributed by atoms with Crippen molar-refractivity contribution >= 4 is 11.6 Å². The van der Waals surface area contributed by atoms with Gasteiger partial charge in [0.05, 0.1) is 12.1 Å². The molecule has 2 aromatic rings. The van der Waals surface area contributed by atoms with Crippen LogP contribution in [0, 0.1) is 5.92 Å². The molecule has 1 amide bonds. The van der Waals surface area contributed by atoms with Gasteiger partial charge in [0.15, 0.2) is 11.5 Å². The predicted octanol–water partition coefficient (Wildman–Crippen LogP) is 0.473. The third-order valence-electron chi connectivity index (χ3n) is 3.71. The molecule has 1 fully saturated rings. The fourth-order valence-electron chi connectivity index (χ4n) is 2.23. The summed E-state index contributed by atoms with van der Waals surface area (Å²) in [5.41, 5.74) is 6.05. The Morgan fingerprint density at radius 2 is 2.32 bits per heavy atom. The molecule has 0 bridgehead atoms. The lowest BCUT2D eigenvalue weighted by molar-refractivity contribution is -0.126. The Bertz CT molecular complexity index is 614. The monoisotopic (exact) mass is 259 g/mol. The Kier molecular flexibility index (Phi) is 2.74. The number of hydrogen-bond donors (Lipinski definition) is 2. The molecule has 0 aliphatic heterocycles. The fourth-order valence-corrected chi connectivity index (χ4v) is 2.23. The van der Waals surface area contributed by atoms with Crippen LogP contribution < -0.4 is 11.1 Å². The van der Waals surface area contributed by atoms with Gasteiger partial charge in [0, 0.05) is 6.20 Å². The van der Waals surface area contributed by atoms with Crippen molar-refractivity contribution in [2.24, 2.45) is 11.7 Å². The summed E-state index contributed by atoms with van der Waals surface area (Å²) < 4.78 is 1.85. The van der Waals surface area contributed by atoms with Crippen LogP contribution in [0.5, 0.6) is 0 Å². The average Bonchev–Trinajstić information content (AvgIpc) is 3.18. The SMILES string of the molecule is CC(N)(C(=O)NCc1nnc2ccccn12)C1CC1. The summed E-state index contributed by atoms with van der Waals surface area (Å²) in [6, 6.07) is 5.67. The van der Waals surface area contributed by atoms with Crippen molar-refractivity contribution in [3.63, 3.8) is 0 Å². The number of carbonyl (C=O) groups excluding carboxylic acids is 1. The summed E-state index contributed by atoms with van der Waals surface area (Å²) in [5, 5.41) is 11.0. The Hall–Kier alpha value is -1.95. The lowest BCUT2D eigenvalue weighted by Gasteiger charge is -2.22. The highest BCUT2D eigenvalue weighted by atomic mass is 16.2. The maximum absolute atomic E-state index is 12.1. The molecule has 1 aliphatic rings. The van der Waals surface area contributed by atoms with Gasteiger partial charge < -0.3 is 11.1 Å². The molecule has 3 rings (SSSR count). The van der Waals surface area contributed by atoms with Gasteiger partial charge in [-0.15, -0.1) is 10.2 Å². The molecule has 0 aromatic carbocycles. The van der Waals surface area contributed by atoms with Gasteiger partial charge in [-0.05, 0) is 37.8 Å². The number of carbonyl (C=O) groups is 1. The van der Waals surface area contributed by atoms with Gasteiger partial charge in [-0.1, -0.05) is 6.07 Å². The van der Waals surface area contributed by atoms with Crippen LogP contribution >= 0.6 is 0 Å². The van der Waals surface area contributed by atoms with Crippen LogP contribution in [-0.4, -0.2) is 26.0 Å². The van der Waals surface area contributed by atoms with Crippen molar-refractivity contribution in [1.82, 2.24) is 19.9 Å². The van der Waals surface area contributed by atoms with E-state index in [-0.39, 0.29) is 5.91 Å². The zero-order valence-electron chi connectivity index (χ0n) is 10.8. The van der Waals surface area contributed by atoms with Gasteiger partial charge in [0.2, 0.25) is 5.91 Å². The molecule has 2 heterocycles. The van der Waals surface area contributed by atoms with E-state index < -0.39 is 5.54 Å². The van der Waals surface area contributed by atoms with Crippen LogP contribution in [0.2, 0.25) is 0 Å². The van der Waals surface area contributed by atoms with Gasteiger partial charge in [-0.3, -0.25) is 9.20 Å². The number of nitrogens with one attached hydrogen (secondary N) is 1. The predicted molar refractivity (Wildman–Crippen MR) is 70.2 cm³/mol. The molecule has 1 aliphatic carbocycles. The Labute approximate surface area is 111 Å². The zero-order chi connectivity index (χ0) is 13.5. The molecule has 1 unspecified atom stereocenters. The lowest BCUT2D eigenvalue weighted by Crippen LogP contribution is -2.53. The zero-order valence-corrected chi connectivity index (χ0v) is 10.8. The van der Waals surface area contributed by atoms with Gasteiger partial charge in [-0.2, -0.15) is 0 Å². The first-order valence-electron chi connectivity index (χ1n) is 6.45. The van der Waals surface area contributed by atoms with Crippen LogP contribution in [0.1, 0.15) is 25.6 Å². The van der Waals surface area contributed by atoms with Crippen molar-refractivity contribution in [1.29, 1.82) is 0 Å². The fraction of sp³-hybridized carbons (Fsp3) is 0.462. The van der Waals surface area contributed by atoms with E-state index in [0.29, 0.717) is 18.3 Å². The van der Waals surface area contributed by atoms with Gasteiger partial charge in [0.25, 0.3) is 0 Å². The molecule has 100 valence electrons. The summed E-state index contributed by atoms with van der Waals surface area (Å²) in [4.78, 5) is 12.1. The molecule has 0 spiro atoms. The molecule has 6 heteroatoms. The summed E-state index contributed by atoms with van der Waals surface area (Å²) in [7, 11) is 0. The van der Waals surface area contributed by atoms with Crippen LogP contribution in [0.25, 0.3) is 5.65 Å². The lowest BCUT2D eigenvalue weighted by atomic mass is 9.96. The summed E-state index contributed by atoms with van der Waals surface area (Å²) in [6.45, 7) is 2.13. The van der Waals surface area contributed by atoms with E-state index in [0.717, 1.165) is 18.5 Å². The average molecular weight is 259 g/mol. The highest BCUT2D eigenvalue weighted by molar-refractivity contribution is 5.86. The molecule has 19 heavy (non-hydrogen) atoms. The van der Waals surface area contributed by atoms with Crippen molar-refractivity contribution in [3.05, 3.63) is 30.2 Å². The van der Waals surface area contributed by atoms with Crippen LogP contribution in [0.3, 0.4) is 0 Å². The normalized spacial score (nSPS) is 18.2. The maximum atomic E-state index is 12.1. The largest absolute Gasteiger partial charge is 0.347 e. The van der Waals surface area contributed by atoms with E-state index in [1.54, 1.807) is 6.92 Å². The van der Waals surface area contributed by atoms with E-state index >= 15 is 0 Å². The van der Waals surface area contributed by atoms with Crippen LogP contribution in [0.15, 0.2) is 24.4 Å². The van der Waals surface area contributed by atoms with Crippen molar-refractivity contribution in [2.75, 3.05) is 0 Å². The van der Waals surface area contributed by atoms with Crippen LogP contribution in [0.4, 0.5) is 0 Å². The Morgan fingerprint density at radius 3 is 3.05 bits per heavy atom. The third kappa shape index (κ3) is 2.19. The second kappa shape index (κ2) is 4.31. The minimum Gasteiger partial charge on any atom is -0.347 e. The highest BCUT2D eigenvalue weighted by Gasteiger charge is 2.43. The van der Waals surface area contributed by atoms with Gasteiger partial charge in [0.1, 0.15) is 0 Å². The number of nitrogens with two attached hydrogens (primary N) is 1. The highest BCUT2D eigenvalue weighted by Crippen LogP contribution is 2.38. The molecule has 0 saturated heterocycles. The third-order valence-corrected chi connectivity index (χ3v) is 3.71. The number of pyridine rings is 1. The first-order chi connectivity index (χ1) is 9.09. The molecular weight excluding hydrogens is 242 g/mol. The van der Waals surface area contributed by atoms with Crippen molar-refractivity contribution < 1.29 is 4.79 Å². The first kappa shape index (κ1) is 12.1. The van der Waals surface area contributed by atoms with E-state index in [1.165, 1.54) is 0 Å². The topological polar surface area (TPSA) is 85.3 Å². The molecule has 1 atom stereocenters. The number of rotatable bonds is 4. The minimum atomic E-state index is -0.777. The molecule has 0 radical (unpaired) electrons. The van der Waals surface area contributed by atoms with Crippen molar-refractivity contribution in [3.8, 4) is 0 Å². The standard InChI is InChI=1S/C13H17N5O/c1-13(14,9-5-6-9)12(19)15-8-11-17-16-10-4-2-3-7-18(10)11/h2-4,7,9H,5-6,8,14H2,1H3,(H,15,19).